The highest BCUT2D eigenvalue weighted by Crippen LogP contribution is 2.39. The summed E-state index contributed by atoms with van der Waals surface area (Å²) in [5.74, 6) is 0.449. The van der Waals surface area contributed by atoms with Crippen LogP contribution in [-0.2, 0) is 0 Å². The molecule has 1 N–H and O–H groups in total. The zero-order valence-corrected chi connectivity index (χ0v) is 13.5. The van der Waals surface area contributed by atoms with Gasteiger partial charge in [-0.3, -0.25) is 0 Å². The summed E-state index contributed by atoms with van der Waals surface area (Å²) in [5, 5.41) is 11.5. The van der Waals surface area contributed by atoms with Crippen molar-refractivity contribution in [1.29, 1.82) is 0 Å². The van der Waals surface area contributed by atoms with Crippen LogP contribution < -0.4 is 4.74 Å². The fourth-order valence-electron chi connectivity index (χ4n) is 2.24. The summed E-state index contributed by atoms with van der Waals surface area (Å²) in [6.07, 6.45) is -0.729. The molecule has 0 spiro atoms. The fraction of sp³-hybridized carbons (Fsp3) is 0.294. The smallest absolute Gasteiger partial charge is 0.139 e. The van der Waals surface area contributed by atoms with Crippen LogP contribution in [0, 0.1) is 0 Å². The van der Waals surface area contributed by atoms with Crippen LogP contribution in [0.2, 0.25) is 10.0 Å². The first-order valence-electron chi connectivity index (χ1n) is 6.89. The van der Waals surface area contributed by atoms with Gasteiger partial charge in [0, 0.05) is 17.5 Å². The highest BCUT2D eigenvalue weighted by molar-refractivity contribution is 6.34. The van der Waals surface area contributed by atoms with Gasteiger partial charge in [0.2, 0.25) is 0 Å². The topological polar surface area (TPSA) is 29.5 Å². The van der Waals surface area contributed by atoms with Crippen LogP contribution in [0.15, 0.2) is 42.5 Å². The molecule has 0 heterocycles. The van der Waals surface area contributed by atoms with Gasteiger partial charge in [0.25, 0.3) is 0 Å². The molecule has 4 heteroatoms. The fourth-order valence-corrected chi connectivity index (χ4v) is 2.74. The Bertz CT molecular complexity index is 599. The average molecular weight is 325 g/mol. The molecule has 2 aromatic rings. The standard InChI is InChI=1S/C17H18Cl2O2/c1-3-21-16-10-14(18)13(9-15(16)19)17(20)11(2)12-7-5-4-6-8-12/h4-11,17,20H,3H2,1-2H3. The summed E-state index contributed by atoms with van der Waals surface area (Å²) in [6, 6.07) is 13.2. The summed E-state index contributed by atoms with van der Waals surface area (Å²) in [7, 11) is 0. The number of rotatable bonds is 5. The van der Waals surface area contributed by atoms with Gasteiger partial charge in [-0.1, -0.05) is 60.5 Å². The molecule has 0 bridgehead atoms. The first kappa shape index (κ1) is 16.2. The minimum atomic E-state index is -0.729. The van der Waals surface area contributed by atoms with E-state index < -0.39 is 6.10 Å². The zero-order chi connectivity index (χ0) is 15.4. The second-order valence-corrected chi connectivity index (χ2v) is 5.70. The Morgan fingerprint density at radius 1 is 1.10 bits per heavy atom. The molecule has 0 aliphatic carbocycles. The number of aliphatic hydroxyl groups excluding tert-OH is 1. The Hall–Kier alpha value is -1.22. The summed E-state index contributed by atoms with van der Waals surface area (Å²) in [5.41, 5.74) is 1.66. The van der Waals surface area contributed by atoms with Crippen molar-refractivity contribution in [2.24, 2.45) is 0 Å². The monoisotopic (exact) mass is 324 g/mol. The normalized spacial score (nSPS) is 13.8. The molecule has 112 valence electrons. The van der Waals surface area contributed by atoms with E-state index in [0.717, 1.165) is 5.56 Å². The molecule has 2 rings (SSSR count). The molecule has 0 saturated heterocycles. The van der Waals surface area contributed by atoms with Crippen LogP contribution >= 0.6 is 23.2 Å². The van der Waals surface area contributed by atoms with Gasteiger partial charge < -0.3 is 9.84 Å². The molecule has 0 aliphatic rings. The maximum Gasteiger partial charge on any atom is 0.139 e. The first-order valence-corrected chi connectivity index (χ1v) is 7.65. The molecule has 2 unspecified atom stereocenters. The van der Waals surface area contributed by atoms with Crippen molar-refractivity contribution in [1.82, 2.24) is 0 Å². The maximum atomic E-state index is 10.6. The largest absolute Gasteiger partial charge is 0.492 e. The van der Waals surface area contributed by atoms with Crippen molar-refractivity contribution in [3.05, 3.63) is 63.6 Å². The number of halogens is 2. The number of hydrogen-bond donors (Lipinski definition) is 1. The molecule has 2 atom stereocenters. The number of aliphatic hydroxyl groups is 1. The van der Waals surface area contributed by atoms with Gasteiger partial charge in [-0.25, -0.2) is 0 Å². The zero-order valence-electron chi connectivity index (χ0n) is 12.0. The predicted octanol–water partition coefficient (Wildman–Crippen LogP) is 5.23. The first-order chi connectivity index (χ1) is 10.0. The van der Waals surface area contributed by atoms with E-state index in [-0.39, 0.29) is 5.92 Å². The molecule has 0 aromatic heterocycles. The number of ether oxygens (including phenoxy) is 1. The van der Waals surface area contributed by atoms with Crippen molar-refractivity contribution < 1.29 is 9.84 Å². The Balaban J connectivity index is 2.31. The van der Waals surface area contributed by atoms with E-state index in [2.05, 4.69) is 0 Å². The second kappa shape index (κ2) is 7.17. The molecular weight excluding hydrogens is 307 g/mol. The van der Waals surface area contributed by atoms with Crippen LogP contribution in [0.4, 0.5) is 0 Å². The quantitative estimate of drug-likeness (QED) is 0.816. The SMILES string of the molecule is CCOc1cc(Cl)c(C(O)C(C)c2ccccc2)cc1Cl. The molecule has 2 nitrogen and oxygen atoms in total. The molecule has 0 aliphatic heterocycles. The third-order valence-corrected chi connectivity index (χ3v) is 4.09. The third kappa shape index (κ3) is 3.70. The Morgan fingerprint density at radius 3 is 2.38 bits per heavy atom. The van der Waals surface area contributed by atoms with Crippen LogP contribution in [0.1, 0.15) is 37.0 Å². The van der Waals surface area contributed by atoms with Crippen LogP contribution in [0.5, 0.6) is 5.75 Å². The van der Waals surface area contributed by atoms with E-state index in [0.29, 0.717) is 28.0 Å². The van der Waals surface area contributed by atoms with Crippen LogP contribution in [0.25, 0.3) is 0 Å². The molecule has 0 amide bonds. The Labute approximate surface area is 135 Å². The summed E-state index contributed by atoms with van der Waals surface area (Å²) in [6.45, 7) is 4.35. The van der Waals surface area contributed by atoms with Crippen molar-refractivity contribution in [3.63, 3.8) is 0 Å². The predicted molar refractivity (Wildman–Crippen MR) is 87.4 cm³/mol. The lowest BCUT2D eigenvalue weighted by molar-refractivity contribution is 0.151. The molecule has 0 saturated carbocycles. The van der Waals surface area contributed by atoms with E-state index in [1.807, 2.05) is 44.2 Å². The Kier molecular flexibility index (Phi) is 5.51. The lowest BCUT2D eigenvalue weighted by atomic mass is 9.91. The van der Waals surface area contributed by atoms with Gasteiger partial charge in [-0.15, -0.1) is 0 Å². The van der Waals surface area contributed by atoms with Crippen LogP contribution in [0.3, 0.4) is 0 Å². The minimum absolute atomic E-state index is 0.0855. The van der Waals surface area contributed by atoms with Crippen molar-refractivity contribution in [2.45, 2.75) is 25.9 Å². The molecular formula is C17H18Cl2O2. The van der Waals surface area contributed by atoms with E-state index >= 15 is 0 Å². The van der Waals surface area contributed by atoms with E-state index in [1.54, 1.807) is 12.1 Å². The van der Waals surface area contributed by atoms with Gasteiger partial charge in [-0.2, -0.15) is 0 Å². The summed E-state index contributed by atoms with van der Waals surface area (Å²) >= 11 is 12.4. The maximum absolute atomic E-state index is 10.6. The van der Waals surface area contributed by atoms with Crippen molar-refractivity contribution in [3.8, 4) is 5.75 Å². The number of benzene rings is 2. The van der Waals surface area contributed by atoms with E-state index in [9.17, 15) is 5.11 Å². The molecule has 0 fully saturated rings. The highest BCUT2D eigenvalue weighted by Gasteiger charge is 2.22. The van der Waals surface area contributed by atoms with Gasteiger partial charge in [-0.05, 0) is 18.6 Å². The van der Waals surface area contributed by atoms with Gasteiger partial charge in [0.15, 0.2) is 0 Å². The lowest BCUT2D eigenvalue weighted by Crippen LogP contribution is -2.08. The minimum Gasteiger partial charge on any atom is -0.492 e. The summed E-state index contributed by atoms with van der Waals surface area (Å²) < 4.78 is 5.40. The molecule has 0 radical (unpaired) electrons. The number of hydrogen-bond acceptors (Lipinski definition) is 2. The molecule has 2 aromatic carbocycles. The van der Waals surface area contributed by atoms with Gasteiger partial charge in [0.05, 0.1) is 22.8 Å². The highest BCUT2D eigenvalue weighted by atomic mass is 35.5. The van der Waals surface area contributed by atoms with Crippen molar-refractivity contribution >= 4 is 23.2 Å². The van der Waals surface area contributed by atoms with E-state index in [4.69, 9.17) is 27.9 Å². The average Bonchev–Trinajstić information content (AvgIpc) is 2.50. The second-order valence-electron chi connectivity index (χ2n) is 4.88. The summed E-state index contributed by atoms with van der Waals surface area (Å²) in [4.78, 5) is 0. The third-order valence-electron chi connectivity index (χ3n) is 3.47. The van der Waals surface area contributed by atoms with Crippen LogP contribution in [-0.4, -0.2) is 11.7 Å². The van der Waals surface area contributed by atoms with Gasteiger partial charge in [0.1, 0.15) is 5.75 Å². The van der Waals surface area contributed by atoms with Gasteiger partial charge >= 0.3 is 0 Å². The Morgan fingerprint density at radius 2 is 1.76 bits per heavy atom. The lowest BCUT2D eigenvalue weighted by Gasteiger charge is -2.21. The van der Waals surface area contributed by atoms with Crippen molar-refractivity contribution in [2.75, 3.05) is 6.61 Å². The van der Waals surface area contributed by atoms with E-state index in [1.165, 1.54) is 0 Å². The molecule has 21 heavy (non-hydrogen) atoms.